The summed E-state index contributed by atoms with van der Waals surface area (Å²) in [4.78, 5) is 0. The van der Waals surface area contributed by atoms with Crippen LogP contribution in [0.2, 0.25) is 0 Å². The van der Waals surface area contributed by atoms with Gasteiger partial charge in [-0.2, -0.15) is 0 Å². The molecule has 2 aromatic rings. The predicted molar refractivity (Wildman–Crippen MR) is 107 cm³/mol. The van der Waals surface area contributed by atoms with E-state index in [0.717, 1.165) is 6.42 Å². The van der Waals surface area contributed by atoms with Gasteiger partial charge >= 0.3 is 0 Å². The SMILES string of the molecule is Cc1cc2c(cc1-c1cc(CC(C)C)cc[n+]1C)C(C)(C)CC2(C)C. The summed E-state index contributed by atoms with van der Waals surface area (Å²) >= 11 is 0. The van der Waals surface area contributed by atoms with Gasteiger partial charge in [-0.25, -0.2) is 4.57 Å². The van der Waals surface area contributed by atoms with Gasteiger partial charge in [0.15, 0.2) is 6.20 Å². The lowest BCUT2D eigenvalue weighted by Gasteiger charge is -2.22. The highest BCUT2D eigenvalue weighted by atomic mass is 14.9. The van der Waals surface area contributed by atoms with Crippen molar-refractivity contribution in [2.24, 2.45) is 13.0 Å². The molecule has 3 rings (SSSR count). The molecule has 0 bridgehead atoms. The Hall–Kier alpha value is -1.63. The zero-order chi connectivity index (χ0) is 18.6. The predicted octanol–water partition coefficient (Wildman–Crippen LogP) is 5.64. The van der Waals surface area contributed by atoms with E-state index in [1.54, 1.807) is 5.56 Å². The van der Waals surface area contributed by atoms with Gasteiger partial charge in [0.1, 0.15) is 7.05 Å². The van der Waals surface area contributed by atoms with Crippen molar-refractivity contribution in [2.75, 3.05) is 0 Å². The molecule has 1 aliphatic carbocycles. The van der Waals surface area contributed by atoms with Gasteiger partial charge < -0.3 is 0 Å². The Kier molecular flexibility index (Phi) is 4.34. The topological polar surface area (TPSA) is 3.88 Å². The van der Waals surface area contributed by atoms with Gasteiger partial charge in [0, 0.05) is 17.7 Å². The van der Waals surface area contributed by atoms with Crippen LogP contribution in [0.4, 0.5) is 0 Å². The maximum Gasteiger partial charge on any atom is 0.212 e. The second-order valence-electron chi connectivity index (χ2n) is 9.79. The van der Waals surface area contributed by atoms with Gasteiger partial charge in [-0.1, -0.05) is 47.6 Å². The lowest BCUT2D eigenvalue weighted by Crippen LogP contribution is -2.31. The largest absolute Gasteiger partial charge is 0.212 e. The maximum absolute atomic E-state index is 2.48. The number of aryl methyl sites for hydroxylation is 2. The van der Waals surface area contributed by atoms with Gasteiger partial charge in [-0.05, 0) is 64.8 Å². The van der Waals surface area contributed by atoms with E-state index < -0.39 is 0 Å². The van der Waals surface area contributed by atoms with Gasteiger partial charge in [-0.15, -0.1) is 0 Å². The Morgan fingerprint density at radius 1 is 1.00 bits per heavy atom. The molecule has 0 atom stereocenters. The van der Waals surface area contributed by atoms with Crippen molar-refractivity contribution in [3.63, 3.8) is 0 Å². The number of hydrogen-bond donors (Lipinski definition) is 0. The zero-order valence-corrected chi connectivity index (χ0v) is 17.3. The minimum Gasteiger partial charge on any atom is -0.201 e. The number of hydrogen-bond acceptors (Lipinski definition) is 0. The van der Waals surface area contributed by atoms with Crippen LogP contribution in [0.25, 0.3) is 11.3 Å². The van der Waals surface area contributed by atoms with Gasteiger partial charge in [0.2, 0.25) is 5.69 Å². The van der Waals surface area contributed by atoms with Crippen LogP contribution < -0.4 is 4.57 Å². The Bertz CT molecular complexity index is 809. The second kappa shape index (κ2) is 5.97. The van der Waals surface area contributed by atoms with Crippen LogP contribution in [-0.4, -0.2) is 0 Å². The molecule has 0 amide bonds. The van der Waals surface area contributed by atoms with E-state index in [1.807, 2.05) is 0 Å². The fourth-order valence-corrected chi connectivity index (χ4v) is 4.88. The molecule has 0 N–H and O–H groups in total. The van der Waals surface area contributed by atoms with Crippen LogP contribution in [0.1, 0.15) is 70.2 Å². The number of pyridine rings is 1. The summed E-state index contributed by atoms with van der Waals surface area (Å²) in [6.07, 6.45) is 4.57. The molecule has 0 saturated heterocycles. The lowest BCUT2D eigenvalue weighted by atomic mass is 9.82. The van der Waals surface area contributed by atoms with Crippen molar-refractivity contribution in [3.8, 4) is 11.3 Å². The van der Waals surface area contributed by atoms with Crippen molar-refractivity contribution >= 4 is 0 Å². The molecule has 1 aromatic carbocycles. The molecule has 134 valence electrons. The zero-order valence-electron chi connectivity index (χ0n) is 17.3. The molecular formula is C24H34N+. The summed E-state index contributed by atoms with van der Waals surface area (Å²) < 4.78 is 2.27. The van der Waals surface area contributed by atoms with Crippen LogP contribution in [0.15, 0.2) is 30.5 Å². The van der Waals surface area contributed by atoms with Crippen LogP contribution in [-0.2, 0) is 24.3 Å². The third-order valence-corrected chi connectivity index (χ3v) is 5.84. The summed E-state index contributed by atoms with van der Waals surface area (Å²) in [5.74, 6) is 0.682. The molecule has 0 aliphatic heterocycles. The molecule has 1 heterocycles. The average molecular weight is 337 g/mol. The Balaban J connectivity index is 2.17. The fourth-order valence-electron chi connectivity index (χ4n) is 4.88. The molecule has 0 spiro atoms. The van der Waals surface area contributed by atoms with Crippen LogP contribution in [0, 0.1) is 12.8 Å². The normalized spacial score (nSPS) is 17.8. The smallest absolute Gasteiger partial charge is 0.201 e. The average Bonchev–Trinajstić information content (AvgIpc) is 2.64. The number of benzene rings is 1. The number of nitrogens with zero attached hydrogens (tertiary/aromatic N) is 1. The van der Waals surface area contributed by atoms with Gasteiger partial charge in [0.05, 0.1) is 0 Å². The summed E-state index contributed by atoms with van der Waals surface area (Å²) in [5, 5.41) is 0. The fraction of sp³-hybridized carbons (Fsp3) is 0.542. The number of fused-ring (bicyclic) bond motifs is 1. The minimum absolute atomic E-state index is 0.245. The highest BCUT2D eigenvalue weighted by Gasteiger charge is 2.42. The first-order chi connectivity index (χ1) is 11.5. The van der Waals surface area contributed by atoms with E-state index in [4.69, 9.17) is 0 Å². The minimum atomic E-state index is 0.245. The third kappa shape index (κ3) is 3.26. The molecule has 25 heavy (non-hydrogen) atoms. The van der Waals surface area contributed by atoms with E-state index >= 15 is 0 Å². The first kappa shape index (κ1) is 18.2. The molecule has 0 unspecified atom stereocenters. The number of rotatable bonds is 3. The van der Waals surface area contributed by atoms with Gasteiger partial charge in [-0.3, -0.25) is 0 Å². The monoisotopic (exact) mass is 336 g/mol. The molecule has 1 heteroatoms. The quantitative estimate of drug-likeness (QED) is 0.638. The van der Waals surface area contributed by atoms with E-state index in [9.17, 15) is 0 Å². The Labute approximate surface area is 154 Å². The second-order valence-corrected chi connectivity index (χ2v) is 9.79. The molecular weight excluding hydrogens is 302 g/mol. The first-order valence-corrected chi connectivity index (χ1v) is 9.66. The third-order valence-electron chi connectivity index (χ3n) is 5.84. The highest BCUT2D eigenvalue weighted by Crippen LogP contribution is 2.50. The molecule has 0 radical (unpaired) electrons. The molecule has 1 aliphatic rings. The molecule has 1 aromatic heterocycles. The molecule has 0 saturated carbocycles. The van der Waals surface area contributed by atoms with E-state index in [2.05, 4.69) is 90.5 Å². The Morgan fingerprint density at radius 3 is 2.20 bits per heavy atom. The van der Waals surface area contributed by atoms with Crippen LogP contribution >= 0.6 is 0 Å². The molecule has 1 nitrogen and oxygen atoms in total. The maximum atomic E-state index is 2.48. The van der Waals surface area contributed by atoms with Crippen LogP contribution in [0.5, 0.6) is 0 Å². The lowest BCUT2D eigenvalue weighted by molar-refractivity contribution is -0.660. The van der Waals surface area contributed by atoms with Crippen molar-refractivity contribution in [2.45, 2.75) is 72.1 Å². The first-order valence-electron chi connectivity index (χ1n) is 9.66. The van der Waals surface area contributed by atoms with Gasteiger partial charge in [0.25, 0.3) is 0 Å². The van der Waals surface area contributed by atoms with Crippen molar-refractivity contribution < 1.29 is 4.57 Å². The summed E-state index contributed by atoms with van der Waals surface area (Å²) in [6.45, 7) is 16.4. The summed E-state index contributed by atoms with van der Waals surface area (Å²) in [6, 6.07) is 9.59. The van der Waals surface area contributed by atoms with Crippen molar-refractivity contribution in [3.05, 3.63) is 52.7 Å². The summed E-state index contributed by atoms with van der Waals surface area (Å²) in [7, 11) is 2.16. The number of aromatic nitrogens is 1. The summed E-state index contributed by atoms with van der Waals surface area (Å²) in [5.41, 5.74) is 9.13. The molecule has 0 fully saturated rings. The van der Waals surface area contributed by atoms with E-state index in [1.165, 1.54) is 34.4 Å². The van der Waals surface area contributed by atoms with Crippen molar-refractivity contribution in [1.82, 2.24) is 0 Å². The van der Waals surface area contributed by atoms with Crippen LogP contribution in [0.3, 0.4) is 0 Å². The van der Waals surface area contributed by atoms with Crippen molar-refractivity contribution in [1.29, 1.82) is 0 Å². The highest BCUT2D eigenvalue weighted by molar-refractivity contribution is 5.66. The van der Waals surface area contributed by atoms with E-state index in [-0.39, 0.29) is 10.8 Å². The van der Waals surface area contributed by atoms with E-state index in [0.29, 0.717) is 5.92 Å². The standard InChI is InChI=1S/C24H34N/c1-16(2)11-18-9-10-25(8)22(13-18)19-14-21-20(12-17(19)3)23(4,5)15-24(21,6)7/h9-10,12-14,16H,11,15H2,1-8H3/q+1. The Morgan fingerprint density at radius 2 is 1.60 bits per heavy atom.